The standard InChI is InChI=1S/C14H21N3O4S/c1-2-14(18)17-8-9-21-13-5-4-11(10-12(13)17)22(19,20)16-7-3-6-15/h4-5,10,16H,2-3,6-9,15H2,1H3. The molecule has 0 atom stereocenters. The summed E-state index contributed by atoms with van der Waals surface area (Å²) in [6, 6.07) is 4.54. The minimum Gasteiger partial charge on any atom is -0.490 e. The summed E-state index contributed by atoms with van der Waals surface area (Å²) in [7, 11) is -3.62. The third kappa shape index (κ3) is 3.57. The van der Waals surface area contributed by atoms with Gasteiger partial charge in [0.15, 0.2) is 0 Å². The first kappa shape index (κ1) is 16.7. The van der Waals surface area contributed by atoms with E-state index in [1.54, 1.807) is 17.9 Å². The Morgan fingerprint density at radius 1 is 1.45 bits per heavy atom. The second-order valence-corrected chi connectivity index (χ2v) is 6.68. The number of nitrogens with one attached hydrogen (secondary N) is 1. The maximum Gasteiger partial charge on any atom is 0.240 e. The van der Waals surface area contributed by atoms with Gasteiger partial charge in [-0.15, -0.1) is 0 Å². The summed E-state index contributed by atoms with van der Waals surface area (Å²) in [5.74, 6) is 0.462. The van der Waals surface area contributed by atoms with Crippen molar-refractivity contribution in [3.63, 3.8) is 0 Å². The molecule has 2 rings (SSSR count). The number of anilines is 1. The molecular formula is C14H21N3O4S. The Labute approximate surface area is 130 Å². The van der Waals surface area contributed by atoms with Crippen LogP contribution in [0.5, 0.6) is 5.75 Å². The van der Waals surface area contributed by atoms with Crippen molar-refractivity contribution in [3.05, 3.63) is 18.2 Å². The Bertz CT molecular complexity index is 645. The summed E-state index contributed by atoms with van der Waals surface area (Å²) in [5.41, 5.74) is 5.86. The summed E-state index contributed by atoms with van der Waals surface area (Å²) in [6.45, 7) is 3.29. The lowest BCUT2D eigenvalue weighted by Crippen LogP contribution is -2.37. The van der Waals surface area contributed by atoms with Gasteiger partial charge in [-0.1, -0.05) is 6.92 Å². The highest BCUT2D eigenvalue weighted by molar-refractivity contribution is 7.89. The smallest absolute Gasteiger partial charge is 0.240 e. The van der Waals surface area contributed by atoms with Crippen LogP contribution in [0.15, 0.2) is 23.1 Å². The molecule has 22 heavy (non-hydrogen) atoms. The second-order valence-electron chi connectivity index (χ2n) is 4.92. The van der Waals surface area contributed by atoms with Gasteiger partial charge in [-0.25, -0.2) is 13.1 Å². The van der Waals surface area contributed by atoms with Crippen LogP contribution < -0.4 is 20.1 Å². The first-order valence-electron chi connectivity index (χ1n) is 7.26. The van der Waals surface area contributed by atoms with Gasteiger partial charge in [-0.05, 0) is 31.2 Å². The van der Waals surface area contributed by atoms with E-state index >= 15 is 0 Å². The van der Waals surface area contributed by atoms with Crippen LogP contribution in [-0.4, -0.2) is 40.6 Å². The van der Waals surface area contributed by atoms with Gasteiger partial charge in [-0.3, -0.25) is 4.79 Å². The zero-order valence-corrected chi connectivity index (χ0v) is 13.4. The predicted molar refractivity (Wildman–Crippen MR) is 83.4 cm³/mol. The van der Waals surface area contributed by atoms with E-state index < -0.39 is 10.0 Å². The molecule has 0 fully saturated rings. The molecule has 0 aromatic heterocycles. The SMILES string of the molecule is CCC(=O)N1CCOc2ccc(S(=O)(=O)NCCCN)cc21. The lowest BCUT2D eigenvalue weighted by Gasteiger charge is -2.29. The molecule has 1 aromatic rings. The second kappa shape index (κ2) is 7.08. The summed E-state index contributed by atoms with van der Waals surface area (Å²) in [5, 5.41) is 0. The highest BCUT2D eigenvalue weighted by Gasteiger charge is 2.25. The highest BCUT2D eigenvalue weighted by atomic mass is 32.2. The van der Waals surface area contributed by atoms with E-state index in [-0.39, 0.29) is 17.3 Å². The molecule has 1 aliphatic rings. The molecule has 8 heteroatoms. The number of nitrogens with two attached hydrogens (primary N) is 1. The number of nitrogens with zero attached hydrogens (tertiary/aromatic N) is 1. The number of benzene rings is 1. The zero-order valence-electron chi connectivity index (χ0n) is 12.5. The molecule has 0 unspecified atom stereocenters. The van der Waals surface area contributed by atoms with E-state index in [2.05, 4.69) is 4.72 Å². The third-order valence-electron chi connectivity index (χ3n) is 3.38. The summed E-state index contributed by atoms with van der Waals surface area (Å²) >= 11 is 0. The van der Waals surface area contributed by atoms with Gasteiger partial charge in [0.2, 0.25) is 15.9 Å². The Morgan fingerprint density at radius 2 is 2.23 bits per heavy atom. The molecular weight excluding hydrogens is 306 g/mol. The molecule has 0 aliphatic carbocycles. The summed E-state index contributed by atoms with van der Waals surface area (Å²) < 4.78 is 32.5. The van der Waals surface area contributed by atoms with Crippen LogP contribution in [0.3, 0.4) is 0 Å². The zero-order chi connectivity index (χ0) is 16.2. The maximum absolute atomic E-state index is 12.2. The number of sulfonamides is 1. The van der Waals surface area contributed by atoms with Gasteiger partial charge in [0.1, 0.15) is 12.4 Å². The number of hydrogen-bond donors (Lipinski definition) is 2. The largest absolute Gasteiger partial charge is 0.490 e. The molecule has 7 nitrogen and oxygen atoms in total. The Kier molecular flexibility index (Phi) is 5.38. The van der Waals surface area contributed by atoms with Crippen LogP contribution in [0.2, 0.25) is 0 Å². The molecule has 0 bridgehead atoms. The molecule has 3 N–H and O–H groups in total. The van der Waals surface area contributed by atoms with Crippen molar-refractivity contribution >= 4 is 21.6 Å². The van der Waals surface area contributed by atoms with Crippen LogP contribution in [-0.2, 0) is 14.8 Å². The number of carbonyl (C=O) groups is 1. The average molecular weight is 327 g/mol. The van der Waals surface area contributed by atoms with Gasteiger partial charge >= 0.3 is 0 Å². The number of ether oxygens (including phenoxy) is 1. The van der Waals surface area contributed by atoms with Gasteiger partial charge in [0, 0.05) is 13.0 Å². The monoisotopic (exact) mass is 327 g/mol. The fourth-order valence-electron chi connectivity index (χ4n) is 2.21. The van der Waals surface area contributed by atoms with Crippen molar-refractivity contribution in [2.24, 2.45) is 5.73 Å². The quantitative estimate of drug-likeness (QED) is 0.739. The van der Waals surface area contributed by atoms with E-state index in [9.17, 15) is 13.2 Å². The van der Waals surface area contributed by atoms with Crippen molar-refractivity contribution in [3.8, 4) is 5.75 Å². The fourth-order valence-corrected chi connectivity index (χ4v) is 3.30. The Morgan fingerprint density at radius 3 is 2.91 bits per heavy atom. The van der Waals surface area contributed by atoms with Crippen molar-refractivity contribution in [1.29, 1.82) is 0 Å². The number of rotatable bonds is 6. The summed E-state index contributed by atoms with van der Waals surface area (Å²) in [6.07, 6.45) is 0.916. The number of fused-ring (bicyclic) bond motifs is 1. The predicted octanol–water partition coefficient (Wildman–Crippen LogP) is 0.449. The third-order valence-corrected chi connectivity index (χ3v) is 4.84. The van der Waals surface area contributed by atoms with E-state index in [0.717, 1.165) is 0 Å². The van der Waals surface area contributed by atoms with Crippen LogP contribution in [0.25, 0.3) is 0 Å². The highest BCUT2D eigenvalue weighted by Crippen LogP contribution is 2.34. The lowest BCUT2D eigenvalue weighted by atomic mass is 10.2. The minimum absolute atomic E-state index is 0.0600. The van der Waals surface area contributed by atoms with Gasteiger partial charge in [0.25, 0.3) is 0 Å². The van der Waals surface area contributed by atoms with Crippen LogP contribution >= 0.6 is 0 Å². The first-order chi connectivity index (χ1) is 10.5. The summed E-state index contributed by atoms with van der Waals surface area (Å²) in [4.78, 5) is 13.7. The number of amides is 1. The topological polar surface area (TPSA) is 102 Å². The molecule has 122 valence electrons. The molecule has 1 heterocycles. The van der Waals surface area contributed by atoms with Crippen molar-refractivity contribution in [2.45, 2.75) is 24.7 Å². The van der Waals surface area contributed by atoms with E-state index in [1.807, 2.05) is 0 Å². The minimum atomic E-state index is -3.62. The first-order valence-corrected chi connectivity index (χ1v) is 8.75. The van der Waals surface area contributed by atoms with Crippen molar-refractivity contribution in [1.82, 2.24) is 4.72 Å². The molecule has 1 amide bonds. The number of hydrogen-bond acceptors (Lipinski definition) is 5. The van der Waals surface area contributed by atoms with E-state index in [0.29, 0.717) is 44.0 Å². The average Bonchev–Trinajstić information content (AvgIpc) is 2.53. The van der Waals surface area contributed by atoms with Gasteiger partial charge in [-0.2, -0.15) is 0 Å². The molecule has 0 radical (unpaired) electrons. The lowest BCUT2D eigenvalue weighted by molar-refractivity contribution is -0.118. The van der Waals surface area contributed by atoms with Gasteiger partial charge in [0.05, 0.1) is 17.1 Å². The molecule has 1 aromatic carbocycles. The van der Waals surface area contributed by atoms with Crippen molar-refractivity contribution in [2.75, 3.05) is 31.1 Å². The van der Waals surface area contributed by atoms with E-state index in [4.69, 9.17) is 10.5 Å². The van der Waals surface area contributed by atoms with Crippen molar-refractivity contribution < 1.29 is 17.9 Å². The molecule has 0 saturated carbocycles. The number of carbonyl (C=O) groups excluding carboxylic acids is 1. The van der Waals surface area contributed by atoms with E-state index in [1.165, 1.54) is 12.1 Å². The molecule has 1 aliphatic heterocycles. The van der Waals surface area contributed by atoms with Gasteiger partial charge < -0.3 is 15.4 Å². The normalized spacial score (nSPS) is 14.4. The Hall–Kier alpha value is -1.64. The fraction of sp³-hybridized carbons (Fsp3) is 0.500. The van der Waals surface area contributed by atoms with Crippen LogP contribution in [0.1, 0.15) is 19.8 Å². The molecule has 0 saturated heterocycles. The van der Waals surface area contributed by atoms with Crippen LogP contribution in [0.4, 0.5) is 5.69 Å². The molecule has 0 spiro atoms. The maximum atomic E-state index is 12.2. The van der Waals surface area contributed by atoms with Crippen LogP contribution in [0, 0.1) is 0 Å². The Balaban J connectivity index is 2.31.